The third-order valence-corrected chi connectivity index (χ3v) is 5.64. The number of benzene rings is 1. The molecule has 0 aliphatic heterocycles. The summed E-state index contributed by atoms with van der Waals surface area (Å²) >= 11 is 0. The standard InChI is InChI=1S/C19H19N7O6.C6H14N2O2/c20-19-25-15-14(17(30)26-19)23-11(8-22-15)7-21-10-3-1-9(2-4-10)16(29)24-12(18(31)32)5-6-13(27)28;7-4-2-1-3-5(8)6(9)10/h1-4,8,12,21H,5-7H2,(H,24,29)(H,27,28)(H,31,32)(H3,20,22,25,26,30);5H,1-4,7-8H2,(H,9,10)/t;5-/m.0/s1. The van der Waals surface area contributed by atoms with Gasteiger partial charge in [-0.2, -0.15) is 4.98 Å². The van der Waals surface area contributed by atoms with E-state index in [-0.39, 0.29) is 42.1 Å². The Bertz CT molecular complexity index is 1450. The Kier molecular flexibility index (Phi) is 12.7. The van der Waals surface area contributed by atoms with Gasteiger partial charge < -0.3 is 43.2 Å². The third-order valence-electron chi connectivity index (χ3n) is 5.64. The van der Waals surface area contributed by atoms with Crippen LogP contribution in [0.15, 0.2) is 35.3 Å². The summed E-state index contributed by atoms with van der Waals surface area (Å²) in [5, 5.41) is 31.5. The van der Waals surface area contributed by atoms with Crippen molar-refractivity contribution in [2.24, 2.45) is 11.5 Å². The summed E-state index contributed by atoms with van der Waals surface area (Å²) in [7, 11) is 0. The van der Waals surface area contributed by atoms with E-state index in [9.17, 15) is 24.0 Å². The average Bonchev–Trinajstić information content (AvgIpc) is 2.94. The van der Waals surface area contributed by atoms with E-state index < -0.39 is 41.5 Å². The van der Waals surface area contributed by atoms with Crippen molar-refractivity contribution in [1.29, 1.82) is 0 Å². The molecule has 0 aliphatic carbocycles. The van der Waals surface area contributed by atoms with Crippen molar-refractivity contribution in [3.05, 3.63) is 52.1 Å². The van der Waals surface area contributed by atoms with Crippen LogP contribution >= 0.6 is 0 Å². The minimum atomic E-state index is -1.31. The van der Waals surface area contributed by atoms with Gasteiger partial charge in [0.2, 0.25) is 5.95 Å². The molecule has 0 aliphatic rings. The zero-order chi connectivity index (χ0) is 31.2. The van der Waals surface area contributed by atoms with Gasteiger partial charge in [-0.3, -0.25) is 24.2 Å². The monoisotopic (exact) mass is 587 g/mol. The first-order valence-electron chi connectivity index (χ1n) is 12.7. The largest absolute Gasteiger partial charge is 0.481 e. The number of nitrogens with zero attached hydrogens (tertiary/aromatic N) is 3. The van der Waals surface area contributed by atoms with Crippen molar-refractivity contribution < 1.29 is 34.5 Å². The van der Waals surface area contributed by atoms with Crippen molar-refractivity contribution in [2.75, 3.05) is 17.6 Å². The number of nitrogens with two attached hydrogens (primary N) is 3. The molecule has 17 nitrogen and oxygen atoms in total. The van der Waals surface area contributed by atoms with E-state index in [1.165, 1.54) is 18.3 Å². The summed E-state index contributed by atoms with van der Waals surface area (Å²) in [6, 6.07) is 4.15. The highest BCUT2D eigenvalue weighted by molar-refractivity contribution is 5.97. The fraction of sp³-hybridized carbons (Fsp3) is 0.360. The average molecular weight is 588 g/mol. The highest BCUT2D eigenvalue weighted by Gasteiger charge is 2.21. The first-order chi connectivity index (χ1) is 19.9. The van der Waals surface area contributed by atoms with E-state index in [1.54, 1.807) is 12.1 Å². The van der Waals surface area contributed by atoms with Gasteiger partial charge in [0.1, 0.15) is 12.1 Å². The van der Waals surface area contributed by atoms with Gasteiger partial charge in [-0.15, -0.1) is 0 Å². The van der Waals surface area contributed by atoms with Crippen LogP contribution in [0.2, 0.25) is 0 Å². The molecule has 17 heteroatoms. The Morgan fingerprint density at radius 1 is 0.976 bits per heavy atom. The smallest absolute Gasteiger partial charge is 0.326 e. The molecule has 1 amide bonds. The molecule has 2 aromatic heterocycles. The summed E-state index contributed by atoms with van der Waals surface area (Å²) in [4.78, 5) is 70.7. The van der Waals surface area contributed by atoms with Crippen LogP contribution in [0.5, 0.6) is 0 Å². The number of unbranched alkanes of at least 4 members (excludes halogenated alkanes) is 1. The van der Waals surface area contributed by atoms with Crippen LogP contribution < -0.4 is 33.4 Å². The molecule has 1 unspecified atom stereocenters. The normalized spacial score (nSPS) is 12.0. The molecule has 0 fully saturated rings. The lowest BCUT2D eigenvalue weighted by Gasteiger charge is -2.14. The van der Waals surface area contributed by atoms with Crippen LogP contribution in [-0.4, -0.2) is 77.7 Å². The molecule has 3 rings (SSSR count). The van der Waals surface area contributed by atoms with Gasteiger partial charge in [0.15, 0.2) is 11.2 Å². The fourth-order valence-corrected chi connectivity index (χ4v) is 3.39. The second kappa shape index (κ2) is 16.2. The highest BCUT2D eigenvalue weighted by Crippen LogP contribution is 2.12. The van der Waals surface area contributed by atoms with Crippen molar-refractivity contribution in [3.8, 4) is 0 Å². The SMILES string of the molecule is NCCCC[C@H](N)C(=O)O.Nc1nc2ncc(CNc3ccc(C(=O)NC(CCC(=O)O)C(=O)O)cc3)nc2c(=O)[nH]1. The van der Waals surface area contributed by atoms with E-state index in [4.69, 9.17) is 32.5 Å². The molecule has 0 spiro atoms. The number of nitrogens with one attached hydrogen (secondary N) is 3. The first-order valence-corrected chi connectivity index (χ1v) is 12.7. The number of hydrogen-bond donors (Lipinski definition) is 9. The minimum Gasteiger partial charge on any atom is -0.481 e. The van der Waals surface area contributed by atoms with Gasteiger partial charge in [-0.1, -0.05) is 6.42 Å². The number of carbonyl (C=O) groups is 4. The maximum atomic E-state index is 12.3. The summed E-state index contributed by atoms with van der Waals surface area (Å²) in [5.41, 5.74) is 16.9. The zero-order valence-corrected chi connectivity index (χ0v) is 22.4. The molecule has 42 heavy (non-hydrogen) atoms. The predicted octanol–water partition coefficient (Wildman–Crippen LogP) is -0.517. The highest BCUT2D eigenvalue weighted by atomic mass is 16.4. The molecule has 12 N–H and O–H groups in total. The van der Waals surface area contributed by atoms with E-state index in [2.05, 4.69) is 30.6 Å². The molecule has 3 aromatic rings. The van der Waals surface area contributed by atoms with Crippen LogP contribution in [0.1, 0.15) is 48.2 Å². The van der Waals surface area contributed by atoms with Gasteiger partial charge >= 0.3 is 17.9 Å². The number of aliphatic carboxylic acids is 3. The zero-order valence-electron chi connectivity index (χ0n) is 22.4. The van der Waals surface area contributed by atoms with Crippen LogP contribution in [0.4, 0.5) is 11.6 Å². The van der Waals surface area contributed by atoms with Gasteiger partial charge in [0, 0.05) is 17.7 Å². The number of hydrogen-bond acceptors (Lipinski definition) is 12. The Morgan fingerprint density at radius 2 is 1.67 bits per heavy atom. The number of anilines is 2. The molecule has 226 valence electrons. The van der Waals surface area contributed by atoms with Crippen LogP contribution in [0, 0.1) is 0 Å². The summed E-state index contributed by atoms with van der Waals surface area (Å²) in [5.74, 6) is -4.09. The number of carboxylic acids is 3. The summed E-state index contributed by atoms with van der Waals surface area (Å²) < 4.78 is 0. The number of aromatic amines is 1. The lowest BCUT2D eigenvalue weighted by Crippen LogP contribution is -2.41. The first kappa shape index (κ1) is 33.0. The number of rotatable bonds is 14. The predicted molar refractivity (Wildman–Crippen MR) is 150 cm³/mol. The van der Waals surface area contributed by atoms with Crippen LogP contribution in [-0.2, 0) is 20.9 Å². The Balaban J connectivity index is 0.000000528. The van der Waals surface area contributed by atoms with E-state index >= 15 is 0 Å². The second-order valence-electron chi connectivity index (χ2n) is 8.94. The maximum absolute atomic E-state index is 12.3. The van der Waals surface area contributed by atoms with E-state index in [1.807, 2.05) is 0 Å². The third kappa shape index (κ3) is 10.8. The molecule has 2 atom stereocenters. The van der Waals surface area contributed by atoms with Crippen molar-refractivity contribution >= 4 is 46.6 Å². The minimum absolute atomic E-state index is 0.0524. The molecular formula is C25H33N9O8. The summed E-state index contributed by atoms with van der Waals surface area (Å²) in [6.45, 7) is 0.834. The van der Waals surface area contributed by atoms with Crippen molar-refractivity contribution in [3.63, 3.8) is 0 Å². The van der Waals surface area contributed by atoms with Crippen molar-refractivity contribution in [2.45, 2.75) is 50.7 Å². The molecule has 0 radical (unpaired) electrons. The van der Waals surface area contributed by atoms with Gasteiger partial charge in [-0.05, 0) is 50.1 Å². The topological polar surface area (TPSA) is 303 Å². The molecule has 2 heterocycles. The number of H-pyrrole nitrogens is 1. The van der Waals surface area contributed by atoms with E-state index in [0.717, 1.165) is 12.8 Å². The number of fused-ring (bicyclic) bond motifs is 1. The van der Waals surface area contributed by atoms with Gasteiger partial charge in [-0.25, -0.2) is 14.8 Å². The quantitative estimate of drug-likeness (QED) is 0.107. The molecule has 0 saturated carbocycles. The number of carboxylic acid groups (broad SMARTS) is 3. The Morgan fingerprint density at radius 3 is 2.26 bits per heavy atom. The molecule has 1 aromatic carbocycles. The van der Waals surface area contributed by atoms with Crippen LogP contribution in [0.3, 0.4) is 0 Å². The lowest BCUT2D eigenvalue weighted by molar-refractivity contribution is -0.141. The van der Waals surface area contributed by atoms with Crippen molar-refractivity contribution in [1.82, 2.24) is 25.3 Å². The lowest BCUT2D eigenvalue weighted by atomic mass is 10.1. The Labute approximate surface area is 238 Å². The second-order valence-corrected chi connectivity index (χ2v) is 8.94. The Hall–Kier alpha value is -5.16. The number of nitrogen functional groups attached to an aromatic ring is 1. The molecular weight excluding hydrogens is 554 g/mol. The maximum Gasteiger partial charge on any atom is 0.326 e. The molecule has 0 saturated heterocycles. The number of carbonyl (C=O) groups excluding carboxylic acids is 1. The number of aromatic nitrogens is 4. The van der Waals surface area contributed by atoms with Gasteiger partial charge in [0.05, 0.1) is 18.4 Å². The molecule has 0 bridgehead atoms. The number of amides is 1. The van der Waals surface area contributed by atoms with Gasteiger partial charge in [0.25, 0.3) is 11.5 Å². The van der Waals surface area contributed by atoms with E-state index in [0.29, 0.717) is 24.3 Å². The summed E-state index contributed by atoms with van der Waals surface area (Å²) in [6.07, 6.45) is 3.00. The van der Waals surface area contributed by atoms with Crippen LogP contribution in [0.25, 0.3) is 11.2 Å². The fourth-order valence-electron chi connectivity index (χ4n) is 3.39.